The molecule has 1 atom stereocenters. The van der Waals surface area contributed by atoms with E-state index in [1.165, 1.54) is 5.56 Å². The molecule has 2 heterocycles. The third-order valence-corrected chi connectivity index (χ3v) is 4.85. The first-order chi connectivity index (χ1) is 12.7. The van der Waals surface area contributed by atoms with Crippen LogP contribution in [0, 0.1) is 11.3 Å². The van der Waals surface area contributed by atoms with Gasteiger partial charge in [0.2, 0.25) is 0 Å². The minimum absolute atomic E-state index is 0.0505. The van der Waals surface area contributed by atoms with Crippen LogP contribution >= 0.6 is 0 Å². The highest BCUT2D eigenvalue weighted by atomic mass is 16.2. The van der Waals surface area contributed by atoms with Crippen LogP contribution in [0.15, 0.2) is 60.9 Å². The van der Waals surface area contributed by atoms with E-state index in [4.69, 9.17) is 5.26 Å². The molecule has 0 saturated heterocycles. The van der Waals surface area contributed by atoms with E-state index in [0.29, 0.717) is 24.2 Å². The maximum absolute atomic E-state index is 13.1. The average Bonchev–Trinajstić information content (AvgIpc) is 3.12. The van der Waals surface area contributed by atoms with Crippen molar-refractivity contribution in [2.75, 3.05) is 6.54 Å². The molecule has 0 bridgehead atoms. The van der Waals surface area contributed by atoms with Crippen molar-refractivity contribution in [1.29, 1.82) is 5.26 Å². The fourth-order valence-corrected chi connectivity index (χ4v) is 3.57. The molecule has 3 aromatic rings. The number of nitriles is 1. The standard InChI is InChI=1S/C21H18N4O/c1-24-12-18(11-23-24)20-14-25(13-17-6-2-3-8-19(17)20)21(26)16-7-4-5-15(9-16)10-22/h2-9,11-12,20H,13-14H2,1H3/t20-/m1/s1. The Bertz CT molecular complexity index is 1010. The predicted octanol–water partition coefficient (Wildman–Crippen LogP) is 3.08. The first-order valence-electron chi connectivity index (χ1n) is 8.51. The second-order valence-corrected chi connectivity index (χ2v) is 6.58. The van der Waals surface area contributed by atoms with Gasteiger partial charge in [-0.05, 0) is 34.9 Å². The zero-order chi connectivity index (χ0) is 18.1. The lowest BCUT2D eigenvalue weighted by atomic mass is 9.86. The maximum atomic E-state index is 13.1. The highest BCUT2D eigenvalue weighted by molar-refractivity contribution is 5.94. The summed E-state index contributed by atoms with van der Waals surface area (Å²) in [5.41, 5.74) is 4.54. The van der Waals surface area contributed by atoms with E-state index in [9.17, 15) is 4.79 Å². The largest absolute Gasteiger partial charge is 0.333 e. The number of nitrogens with zero attached hydrogens (tertiary/aromatic N) is 4. The van der Waals surface area contributed by atoms with Crippen molar-refractivity contribution in [2.45, 2.75) is 12.5 Å². The number of carbonyl (C=O) groups excluding carboxylic acids is 1. The molecule has 2 aromatic carbocycles. The molecule has 0 radical (unpaired) electrons. The van der Waals surface area contributed by atoms with E-state index in [1.54, 1.807) is 28.9 Å². The van der Waals surface area contributed by atoms with Crippen LogP contribution in [0.2, 0.25) is 0 Å². The lowest BCUT2D eigenvalue weighted by Gasteiger charge is -2.34. The van der Waals surface area contributed by atoms with E-state index in [0.717, 1.165) is 11.1 Å². The van der Waals surface area contributed by atoms with E-state index in [2.05, 4.69) is 23.3 Å². The molecule has 1 aromatic heterocycles. The molecule has 0 unspecified atom stereocenters. The number of rotatable bonds is 2. The molecule has 1 aliphatic rings. The van der Waals surface area contributed by atoms with Gasteiger partial charge in [-0.1, -0.05) is 30.3 Å². The topological polar surface area (TPSA) is 61.9 Å². The van der Waals surface area contributed by atoms with E-state index in [1.807, 2.05) is 36.5 Å². The molecule has 1 aliphatic heterocycles. The highest BCUT2D eigenvalue weighted by Crippen LogP contribution is 2.33. The predicted molar refractivity (Wildman–Crippen MR) is 97.4 cm³/mol. The van der Waals surface area contributed by atoms with Gasteiger partial charge >= 0.3 is 0 Å². The Morgan fingerprint density at radius 1 is 1.23 bits per heavy atom. The van der Waals surface area contributed by atoms with Gasteiger partial charge in [0, 0.05) is 37.8 Å². The average molecular weight is 342 g/mol. The van der Waals surface area contributed by atoms with Gasteiger partial charge in [0.15, 0.2) is 0 Å². The van der Waals surface area contributed by atoms with Crippen LogP contribution in [0.5, 0.6) is 0 Å². The van der Waals surface area contributed by atoms with Gasteiger partial charge in [0.25, 0.3) is 5.91 Å². The van der Waals surface area contributed by atoms with E-state index < -0.39 is 0 Å². The van der Waals surface area contributed by atoms with Gasteiger partial charge < -0.3 is 4.90 Å². The Morgan fingerprint density at radius 3 is 2.85 bits per heavy atom. The minimum Gasteiger partial charge on any atom is -0.333 e. The first kappa shape index (κ1) is 16.1. The van der Waals surface area contributed by atoms with Crippen LogP contribution in [-0.2, 0) is 13.6 Å². The fraction of sp³-hybridized carbons (Fsp3) is 0.190. The van der Waals surface area contributed by atoms with Gasteiger partial charge in [0.05, 0.1) is 17.8 Å². The molecule has 0 spiro atoms. The number of aryl methyl sites for hydroxylation is 1. The van der Waals surface area contributed by atoms with Crippen molar-refractivity contribution in [3.8, 4) is 6.07 Å². The van der Waals surface area contributed by atoms with Crippen molar-refractivity contribution < 1.29 is 4.79 Å². The SMILES string of the molecule is Cn1cc([C@H]2CN(C(=O)c3cccc(C#N)c3)Cc3ccccc32)cn1. The number of amides is 1. The second-order valence-electron chi connectivity index (χ2n) is 6.58. The zero-order valence-corrected chi connectivity index (χ0v) is 14.5. The van der Waals surface area contributed by atoms with Crippen LogP contribution < -0.4 is 0 Å². The summed E-state index contributed by atoms with van der Waals surface area (Å²) >= 11 is 0. The number of fused-ring (bicyclic) bond motifs is 1. The Morgan fingerprint density at radius 2 is 2.08 bits per heavy atom. The smallest absolute Gasteiger partial charge is 0.254 e. The number of benzene rings is 2. The number of hydrogen-bond acceptors (Lipinski definition) is 3. The molecule has 0 fully saturated rings. The van der Waals surface area contributed by atoms with Gasteiger partial charge in [-0.2, -0.15) is 10.4 Å². The van der Waals surface area contributed by atoms with Crippen LogP contribution in [0.25, 0.3) is 0 Å². The van der Waals surface area contributed by atoms with Gasteiger partial charge in [-0.15, -0.1) is 0 Å². The summed E-state index contributed by atoms with van der Waals surface area (Å²) in [4.78, 5) is 14.9. The fourth-order valence-electron chi connectivity index (χ4n) is 3.57. The summed E-state index contributed by atoms with van der Waals surface area (Å²) in [5.74, 6) is 0.0437. The van der Waals surface area contributed by atoms with Crippen molar-refractivity contribution >= 4 is 5.91 Å². The molecule has 0 aliphatic carbocycles. The summed E-state index contributed by atoms with van der Waals surface area (Å²) in [6.45, 7) is 1.17. The Hall–Kier alpha value is -3.39. The van der Waals surface area contributed by atoms with E-state index >= 15 is 0 Å². The monoisotopic (exact) mass is 342 g/mol. The minimum atomic E-state index is -0.0505. The van der Waals surface area contributed by atoms with Crippen LogP contribution in [0.1, 0.15) is 38.5 Å². The lowest BCUT2D eigenvalue weighted by Crippen LogP contribution is -2.38. The summed E-state index contributed by atoms with van der Waals surface area (Å²) in [5, 5.41) is 13.4. The zero-order valence-electron chi connectivity index (χ0n) is 14.5. The van der Waals surface area contributed by atoms with Crippen molar-refractivity contribution in [1.82, 2.24) is 14.7 Å². The Kier molecular flexibility index (Phi) is 4.02. The van der Waals surface area contributed by atoms with Crippen molar-refractivity contribution in [2.24, 2.45) is 7.05 Å². The number of aromatic nitrogens is 2. The third kappa shape index (κ3) is 2.86. The molecular formula is C21H18N4O. The van der Waals surface area contributed by atoms with Crippen LogP contribution in [0.4, 0.5) is 0 Å². The molecular weight excluding hydrogens is 324 g/mol. The molecule has 5 nitrogen and oxygen atoms in total. The molecule has 0 N–H and O–H groups in total. The quantitative estimate of drug-likeness (QED) is 0.719. The molecule has 1 amide bonds. The first-order valence-corrected chi connectivity index (χ1v) is 8.51. The highest BCUT2D eigenvalue weighted by Gasteiger charge is 2.30. The maximum Gasteiger partial charge on any atom is 0.254 e. The Balaban J connectivity index is 1.71. The molecule has 26 heavy (non-hydrogen) atoms. The van der Waals surface area contributed by atoms with Gasteiger partial charge in [-0.3, -0.25) is 9.48 Å². The van der Waals surface area contributed by atoms with E-state index in [-0.39, 0.29) is 11.8 Å². The molecule has 128 valence electrons. The molecule has 0 saturated carbocycles. The summed E-state index contributed by atoms with van der Waals surface area (Å²) in [7, 11) is 1.90. The number of carbonyl (C=O) groups is 1. The lowest BCUT2D eigenvalue weighted by molar-refractivity contribution is 0.0725. The molecule has 5 heteroatoms. The number of hydrogen-bond donors (Lipinski definition) is 0. The second kappa shape index (κ2) is 6.49. The van der Waals surface area contributed by atoms with Crippen molar-refractivity contribution in [3.05, 3.63) is 88.7 Å². The molecule has 4 rings (SSSR count). The van der Waals surface area contributed by atoms with Gasteiger partial charge in [-0.25, -0.2) is 0 Å². The summed E-state index contributed by atoms with van der Waals surface area (Å²) < 4.78 is 1.79. The van der Waals surface area contributed by atoms with Gasteiger partial charge in [0.1, 0.15) is 0 Å². The summed E-state index contributed by atoms with van der Waals surface area (Å²) in [6, 6.07) is 17.2. The van der Waals surface area contributed by atoms with Crippen molar-refractivity contribution in [3.63, 3.8) is 0 Å². The normalized spacial score (nSPS) is 16.0. The van der Waals surface area contributed by atoms with Crippen LogP contribution in [0.3, 0.4) is 0 Å². The van der Waals surface area contributed by atoms with Crippen LogP contribution in [-0.4, -0.2) is 27.1 Å². The summed E-state index contributed by atoms with van der Waals surface area (Å²) in [6.07, 6.45) is 3.87. The Labute approximate surface area is 152 Å². The third-order valence-electron chi connectivity index (χ3n) is 4.85.